The van der Waals surface area contributed by atoms with E-state index in [1.165, 1.54) is 19.3 Å². The molecule has 1 unspecified atom stereocenters. The molecule has 16 heavy (non-hydrogen) atoms. The minimum Gasteiger partial charge on any atom is -0.354 e. The summed E-state index contributed by atoms with van der Waals surface area (Å²) in [5, 5.41) is 2.91. The highest BCUT2D eigenvalue weighted by Crippen LogP contribution is 2.14. The van der Waals surface area contributed by atoms with Crippen LogP contribution in [0.5, 0.6) is 0 Å². The number of nitrogens with zero attached hydrogens (tertiary/aromatic N) is 1. The predicted octanol–water partition coefficient (Wildman–Crippen LogP) is 1.30. The van der Waals surface area contributed by atoms with Gasteiger partial charge in [0.25, 0.3) is 0 Å². The van der Waals surface area contributed by atoms with Gasteiger partial charge in [0.15, 0.2) is 0 Å². The Hall–Kier alpha value is -1.06. The third kappa shape index (κ3) is 3.83. The smallest absolute Gasteiger partial charge is 0.242 e. The molecule has 1 saturated heterocycles. The van der Waals surface area contributed by atoms with Crippen molar-refractivity contribution in [1.82, 2.24) is 10.2 Å². The fourth-order valence-electron chi connectivity index (χ4n) is 2.08. The first-order valence-electron chi connectivity index (χ1n) is 6.28. The Labute approximate surface area is 97.4 Å². The van der Waals surface area contributed by atoms with Crippen LogP contribution in [0.3, 0.4) is 0 Å². The molecule has 1 aliphatic rings. The second-order valence-corrected chi connectivity index (χ2v) is 4.35. The number of nitrogens with one attached hydrogen (secondary N) is 1. The van der Waals surface area contributed by atoms with Crippen molar-refractivity contribution in [3.8, 4) is 0 Å². The molecule has 0 aromatic heterocycles. The van der Waals surface area contributed by atoms with Gasteiger partial charge in [-0.3, -0.25) is 9.59 Å². The van der Waals surface area contributed by atoms with Crippen molar-refractivity contribution in [2.75, 3.05) is 13.1 Å². The van der Waals surface area contributed by atoms with Gasteiger partial charge in [0.1, 0.15) is 6.04 Å². The lowest BCUT2D eigenvalue weighted by molar-refractivity contribution is -0.131. The summed E-state index contributed by atoms with van der Waals surface area (Å²) in [5.41, 5.74) is 0. The van der Waals surface area contributed by atoms with Crippen LogP contribution in [-0.2, 0) is 9.59 Å². The molecule has 1 fully saturated rings. The van der Waals surface area contributed by atoms with Crippen LogP contribution >= 0.6 is 0 Å². The maximum atomic E-state index is 11.7. The average Bonchev–Trinajstić information content (AvgIpc) is 2.76. The Kier molecular flexibility index (Phi) is 5.90. The number of hydrogen-bond acceptors (Lipinski definition) is 2. The van der Waals surface area contributed by atoms with Crippen molar-refractivity contribution >= 4 is 12.3 Å². The zero-order chi connectivity index (χ0) is 11.8. The average molecular weight is 226 g/mol. The summed E-state index contributed by atoms with van der Waals surface area (Å²) in [6.07, 6.45) is 7.15. The molecule has 0 aliphatic carbocycles. The molecule has 0 spiro atoms. The lowest BCUT2D eigenvalue weighted by Gasteiger charge is -2.18. The molecule has 0 aromatic rings. The number of carbonyl (C=O) groups is 2. The minimum absolute atomic E-state index is 0.0149. The first-order chi connectivity index (χ1) is 7.79. The lowest BCUT2D eigenvalue weighted by Crippen LogP contribution is -2.42. The minimum atomic E-state index is -0.219. The molecule has 2 amide bonds. The largest absolute Gasteiger partial charge is 0.354 e. The van der Waals surface area contributed by atoms with Gasteiger partial charge >= 0.3 is 0 Å². The number of amides is 2. The van der Waals surface area contributed by atoms with Crippen molar-refractivity contribution in [2.45, 2.75) is 51.5 Å². The Balaban J connectivity index is 2.16. The van der Waals surface area contributed by atoms with Gasteiger partial charge in [0, 0.05) is 13.1 Å². The van der Waals surface area contributed by atoms with Crippen molar-refractivity contribution in [2.24, 2.45) is 0 Å². The predicted molar refractivity (Wildman–Crippen MR) is 62.9 cm³/mol. The van der Waals surface area contributed by atoms with Crippen molar-refractivity contribution in [3.05, 3.63) is 0 Å². The van der Waals surface area contributed by atoms with Crippen LogP contribution in [0.2, 0.25) is 0 Å². The first-order valence-corrected chi connectivity index (χ1v) is 6.28. The van der Waals surface area contributed by atoms with Gasteiger partial charge in [-0.05, 0) is 19.3 Å². The van der Waals surface area contributed by atoms with E-state index in [0.29, 0.717) is 0 Å². The third-order valence-corrected chi connectivity index (χ3v) is 3.06. The summed E-state index contributed by atoms with van der Waals surface area (Å²) in [6, 6.07) is -0.219. The molecule has 1 N–H and O–H groups in total. The topological polar surface area (TPSA) is 49.4 Å². The van der Waals surface area contributed by atoms with Gasteiger partial charge in [-0.15, -0.1) is 0 Å². The van der Waals surface area contributed by atoms with Gasteiger partial charge in [-0.2, -0.15) is 0 Å². The van der Waals surface area contributed by atoms with Crippen LogP contribution < -0.4 is 5.32 Å². The second kappa shape index (κ2) is 7.25. The summed E-state index contributed by atoms with van der Waals surface area (Å²) in [4.78, 5) is 24.0. The lowest BCUT2D eigenvalue weighted by atomic mass is 10.2. The Bertz CT molecular complexity index is 231. The maximum Gasteiger partial charge on any atom is 0.242 e. The zero-order valence-corrected chi connectivity index (χ0v) is 10.1. The van der Waals surface area contributed by atoms with E-state index in [9.17, 15) is 9.59 Å². The van der Waals surface area contributed by atoms with Gasteiger partial charge < -0.3 is 10.2 Å². The third-order valence-electron chi connectivity index (χ3n) is 3.06. The Morgan fingerprint density at radius 3 is 2.94 bits per heavy atom. The van der Waals surface area contributed by atoms with E-state index >= 15 is 0 Å². The van der Waals surface area contributed by atoms with Crippen LogP contribution in [0, 0.1) is 0 Å². The zero-order valence-electron chi connectivity index (χ0n) is 10.1. The molecule has 1 heterocycles. The molecule has 0 saturated carbocycles. The quantitative estimate of drug-likeness (QED) is 0.525. The molecular weight excluding hydrogens is 204 g/mol. The highest BCUT2D eigenvalue weighted by atomic mass is 16.2. The summed E-state index contributed by atoms with van der Waals surface area (Å²) in [7, 11) is 0. The first kappa shape index (κ1) is 13.0. The van der Waals surface area contributed by atoms with Crippen molar-refractivity contribution in [3.63, 3.8) is 0 Å². The Morgan fingerprint density at radius 1 is 1.44 bits per heavy atom. The fraction of sp³-hybridized carbons (Fsp3) is 0.833. The van der Waals surface area contributed by atoms with E-state index in [2.05, 4.69) is 12.2 Å². The van der Waals surface area contributed by atoms with Crippen LogP contribution in [0.25, 0.3) is 0 Å². The summed E-state index contributed by atoms with van der Waals surface area (Å²) < 4.78 is 0. The standard InChI is InChI=1S/C12H22N2O2/c1-2-3-4-5-8-13-12(16)11-7-6-9-14(11)10-15/h10-11H,2-9H2,1H3,(H,13,16). The van der Waals surface area contributed by atoms with Crippen LogP contribution in [0.4, 0.5) is 0 Å². The SMILES string of the molecule is CCCCCCNC(=O)C1CCCN1C=O. The summed E-state index contributed by atoms with van der Waals surface area (Å²) in [6.45, 7) is 3.62. The van der Waals surface area contributed by atoms with E-state index in [1.807, 2.05) is 0 Å². The number of likely N-dealkylation sites (tertiary alicyclic amines) is 1. The fourth-order valence-corrected chi connectivity index (χ4v) is 2.08. The number of rotatable bonds is 7. The van der Waals surface area contributed by atoms with Gasteiger partial charge in [0.05, 0.1) is 0 Å². The van der Waals surface area contributed by atoms with E-state index < -0.39 is 0 Å². The molecule has 1 aliphatic heterocycles. The molecule has 92 valence electrons. The number of unbranched alkanes of at least 4 members (excludes halogenated alkanes) is 3. The van der Waals surface area contributed by atoms with E-state index in [1.54, 1.807) is 4.90 Å². The van der Waals surface area contributed by atoms with Crippen LogP contribution in [0.15, 0.2) is 0 Å². The molecule has 4 nitrogen and oxygen atoms in total. The van der Waals surface area contributed by atoms with E-state index in [0.717, 1.165) is 38.8 Å². The Morgan fingerprint density at radius 2 is 2.25 bits per heavy atom. The molecule has 0 aromatic carbocycles. The van der Waals surface area contributed by atoms with Crippen LogP contribution in [-0.4, -0.2) is 36.3 Å². The molecule has 1 atom stereocenters. The van der Waals surface area contributed by atoms with E-state index in [4.69, 9.17) is 0 Å². The van der Waals surface area contributed by atoms with Crippen molar-refractivity contribution in [1.29, 1.82) is 0 Å². The van der Waals surface area contributed by atoms with Gasteiger partial charge in [0.2, 0.25) is 12.3 Å². The summed E-state index contributed by atoms with van der Waals surface area (Å²) in [5.74, 6) is 0.0149. The molecule has 0 radical (unpaired) electrons. The van der Waals surface area contributed by atoms with E-state index in [-0.39, 0.29) is 11.9 Å². The molecular formula is C12H22N2O2. The molecule has 0 bridgehead atoms. The van der Waals surface area contributed by atoms with Gasteiger partial charge in [-0.25, -0.2) is 0 Å². The maximum absolute atomic E-state index is 11.7. The second-order valence-electron chi connectivity index (χ2n) is 4.35. The molecule has 4 heteroatoms. The van der Waals surface area contributed by atoms with Crippen molar-refractivity contribution < 1.29 is 9.59 Å². The highest BCUT2D eigenvalue weighted by molar-refractivity contribution is 5.83. The highest BCUT2D eigenvalue weighted by Gasteiger charge is 2.28. The summed E-state index contributed by atoms with van der Waals surface area (Å²) >= 11 is 0. The van der Waals surface area contributed by atoms with Crippen LogP contribution in [0.1, 0.15) is 45.4 Å². The monoisotopic (exact) mass is 226 g/mol. The number of carbonyl (C=O) groups excluding carboxylic acids is 2. The number of hydrogen-bond donors (Lipinski definition) is 1. The molecule has 1 rings (SSSR count). The normalized spacial score (nSPS) is 19.8. The van der Waals surface area contributed by atoms with Gasteiger partial charge in [-0.1, -0.05) is 26.2 Å².